The number of nitrogens with one attached hydrogen (secondary N) is 2. The highest BCUT2D eigenvalue weighted by Crippen LogP contribution is 2.27. The summed E-state index contributed by atoms with van der Waals surface area (Å²) in [5.74, 6) is 7.46. The molecular weight excluding hydrogens is 408 g/mol. The second-order valence-electron chi connectivity index (χ2n) is 7.87. The molecule has 0 spiro atoms. The van der Waals surface area contributed by atoms with Gasteiger partial charge in [0.1, 0.15) is 17.3 Å². The molecule has 32 heavy (non-hydrogen) atoms. The van der Waals surface area contributed by atoms with Gasteiger partial charge in [-0.05, 0) is 62.7 Å². The molecule has 1 aliphatic heterocycles. The van der Waals surface area contributed by atoms with Crippen molar-refractivity contribution in [1.29, 1.82) is 0 Å². The van der Waals surface area contributed by atoms with E-state index in [4.69, 9.17) is 10.6 Å². The van der Waals surface area contributed by atoms with Crippen molar-refractivity contribution in [3.63, 3.8) is 0 Å². The number of fused-ring (bicyclic) bond motifs is 1. The third-order valence-electron chi connectivity index (χ3n) is 5.51. The molecule has 1 aliphatic rings. The molecule has 168 valence electrons. The molecule has 3 aromatic rings. The molecule has 0 atom stereocenters. The van der Waals surface area contributed by atoms with Crippen molar-refractivity contribution in [2.75, 3.05) is 25.0 Å². The zero-order chi connectivity index (χ0) is 22.5. The topological polar surface area (TPSA) is 115 Å². The summed E-state index contributed by atoms with van der Waals surface area (Å²) >= 11 is 0. The van der Waals surface area contributed by atoms with Crippen LogP contribution in [0.15, 0.2) is 48.8 Å². The zero-order valence-electron chi connectivity index (χ0n) is 18.1. The predicted molar refractivity (Wildman–Crippen MR) is 122 cm³/mol. The van der Waals surface area contributed by atoms with Crippen LogP contribution >= 0.6 is 0 Å². The molecule has 4 rings (SSSR count). The fourth-order valence-corrected chi connectivity index (χ4v) is 3.82. The van der Waals surface area contributed by atoms with Crippen molar-refractivity contribution in [2.24, 2.45) is 11.8 Å². The zero-order valence-corrected chi connectivity index (χ0v) is 18.1. The molecule has 2 aromatic heterocycles. The first-order chi connectivity index (χ1) is 15.5. The summed E-state index contributed by atoms with van der Waals surface area (Å²) in [5.41, 5.74) is 0.749. The van der Waals surface area contributed by atoms with Crippen LogP contribution in [0.3, 0.4) is 0 Å². The van der Waals surface area contributed by atoms with E-state index in [2.05, 4.69) is 15.6 Å². The lowest BCUT2D eigenvalue weighted by Gasteiger charge is -2.21. The van der Waals surface area contributed by atoms with Crippen LogP contribution in [-0.2, 0) is 4.79 Å². The third-order valence-corrected chi connectivity index (χ3v) is 5.51. The van der Waals surface area contributed by atoms with Crippen LogP contribution in [0.2, 0.25) is 0 Å². The molecule has 9 nitrogen and oxygen atoms in total. The Morgan fingerprint density at radius 3 is 2.78 bits per heavy atom. The number of piperidine rings is 1. The molecule has 4 N–H and O–H groups in total. The molecule has 0 unspecified atom stereocenters. The number of anilines is 1. The number of carbonyl (C=O) groups excluding carboxylic acids is 2. The van der Waals surface area contributed by atoms with E-state index < -0.39 is 0 Å². The molecule has 0 aliphatic carbocycles. The second-order valence-corrected chi connectivity index (χ2v) is 7.87. The van der Waals surface area contributed by atoms with Crippen LogP contribution in [0.4, 0.5) is 10.6 Å². The van der Waals surface area contributed by atoms with E-state index in [0.717, 1.165) is 43.3 Å². The van der Waals surface area contributed by atoms with Crippen molar-refractivity contribution in [3.8, 4) is 11.5 Å². The first-order valence-electron chi connectivity index (χ1n) is 10.9. The summed E-state index contributed by atoms with van der Waals surface area (Å²) < 4.78 is 7.50. The lowest BCUT2D eigenvalue weighted by molar-refractivity contribution is -0.120. The van der Waals surface area contributed by atoms with Crippen LogP contribution < -0.4 is 21.2 Å². The maximum atomic E-state index is 12.5. The van der Waals surface area contributed by atoms with E-state index in [1.807, 2.05) is 25.1 Å². The SMILES string of the molecule is CCCN(N)C(=O)n1ccc2cc(Oc3ccnc(NC(=O)C4CCNCC4)c3)ccc21. The van der Waals surface area contributed by atoms with E-state index >= 15 is 0 Å². The Labute approximate surface area is 186 Å². The van der Waals surface area contributed by atoms with Crippen LogP contribution in [0, 0.1) is 5.92 Å². The number of aromatic nitrogens is 2. The largest absolute Gasteiger partial charge is 0.457 e. The summed E-state index contributed by atoms with van der Waals surface area (Å²) in [4.78, 5) is 29.2. The molecule has 3 heterocycles. The van der Waals surface area contributed by atoms with Crippen molar-refractivity contribution >= 4 is 28.7 Å². The minimum atomic E-state index is -0.279. The Hall–Kier alpha value is -3.43. The van der Waals surface area contributed by atoms with Crippen molar-refractivity contribution in [2.45, 2.75) is 26.2 Å². The minimum Gasteiger partial charge on any atom is -0.457 e. The highest BCUT2D eigenvalue weighted by Gasteiger charge is 2.21. The van der Waals surface area contributed by atoms with Crippen LogP contribution in [0.5, 0.6) is 11.5 Å². The van der Waals surface area contributed by atoms with E-state index in [-0.39, 0.29) is 17.9 Å². The molecule has 0 radical (unpaired) electrons. The average molecular weight is 437 g/mol. The third kappa shape index (κ3) is 4.90. The van der Waals surface area contributed by atoms with Gasteiger partial charge in [0.15, 0.2) is 0 Å². The lowest BCUT2D eigenvalue weighted by Crippen LogP contribution is -2.40. The number of nitrogens with two attached hydrogens (primary N) is 1. The number of hydrazine groups is 1. The number of hydrogen-bond donors (Lipinski definition) is 3. The standard InChI is InChI=1S/C23H28N6O3/c1-2-12-29(24)23(31)28-13-8-17-14-18(3-4-20(17)28)32-19-7-11-26-21(15-19)27-22(30)16-5-9-25-10-6-16/h3-4,7-8,11,13-16,25H,2,5-6,9-10,12,24H2,1H3,(H,26,27,30). The Morgan fingerprint density at radius 1 is 1.22 bits per heavy atom. The fraction of sp³-hybridized carbons (Fsp3) is 0.348. The molecule has 1 saturated heterocycles. The monoisotopic (exact) mass is 436 g/mol. The number of hydrogen-bond acceptors (Lipinski definition) is 6. The maximum absolute atomic E-state index is 12.5. The van der Waals surface area contributed by atoms with Gasteiger partial charge in [0, 0.05) is 36.3 Å². The van der Waals surface area contributed by atoms with Crippen LogP contribution in [-0.4, -0.2) is 46.1 Å². The Balaban J connectivity index is 1.46. The molecule has 9 heteroatoms. The fourth-order valence-electron chi connectivity index (χ4n) is 3.82. The van der Waals surface area contributed by atoms with Gasteiger partial charge in [-0.3, -0.25) is 14.4 Å². The molecular formula is C23H28N6O3. The molecule has 1 fully saturated rings. The number of rotatable bonds is 6. The smallest absolute Gasteiger partial charge is 0.342 e. The van der Waals surface area contributed by atoms with Crippen molar-refractivity contribution in [3.05, 3.63) is 48.8 Å². The predicted octanol–water partition coefficient (Wildman–Crippen LogP) is 3.32. The first-order valence-corrected chi connectivity index (χ1v) is 10.9. The molecule has 1 aromatic carbocycles. The number of nitrogens with zero attached hydrogens (tertiary/aromatic N) is 3. The van der Waals surface area contributed by atoms with Crippen molar-refractivity contribution in [1.82, 2.24) is 19.9 Å². The minimum absolute atomic E-state index is 0.00134. The van der Waals surface area contributed by atoms with Crippen LogP contribution in [0.25, 0.3) is 10.9 Å². The van der Waals surface area contributed by atoms with E-state index in [9.17, 15) is 9.59 Å². The number of benzene rings is 1. The van der Waals surface area contributed by atoms with Gasteiger partial charge in [-0.2, -0.15) is 0 Å². The summed E-state index contributed by atoms with van der Waals surface area (Å²) in [7, 11) is 0. The van der Waals surface area contributed by atoms with Gasteiger partial charge in [0.2, 0.25) is 5.91 Å². The van der Waals surface area contributed by atoms with Gasteiger partial charge in [-0.15, -0.1) is 0 Å². The van der Waals surface area contributed by atoms with Gasteiger partial charge in [0.05, 0.1) is 5.52 Å². The van der Waals surface area contributed by atoms with E-state index in [1.54, 1.807) is 30.6 Å². The van der Waals surface area contributed by atoms with Gasteiger partial charge in [-0.1, -0.05) is 6.92 Å². The average Bonchev–Trinajstić information content (AvgIpc) is 3.22. The highest BCUT2D eigenvalue weighted by atomic mass is 16.5. The summed E-state index contributed by atoms with van der Waals surface area (Å²) in [5, 5.41) is 8.21. The molecule has 0 bridgehead atoms. The summed E-state index contributed by atoms with van der Waals surface area (Å²) in [6.45, 7) is 4.16. The highest BCUT2D eigenvalue weighted by molar-refractivity contribution is 5.92. The Morgan fingerprint density at radius 2 is 2.00 bits per heavy atom. The number of ether oxygens (including phenoxy) is 1. The normalized spacial score (nSPS) is 14.3. The Bertz CT molecular complexity index is 1110. The van der Waals surface area contributed by atoms with E-state index in [0.29, 0.717) is 23.9 Å². The van der Waals surface area contributed by atoms with Gasteiger partial charge < -0.3 is 15.4 Å². The van der Waals surface area contributed by atoms with E-state index in [1.165, 1.54) is 9.58 Å². The van der Waals surface area contributed by atoms with Gasteiger partial charge in [-0.25, -0.2) is 15.6 Å². The summed E-state index contributed by atoms with van der Waals surface area (Å²) in [6.07, 6.45) is 5.73. The van der Waals surface area contributed by atoms with Crippen LogP contribution in [0.1, 0.15) is 26.2 Å². The molecule has 2 amide bonds. The number of carbonyl (C=O) groups is 2. The number of pyridine rings is 1. The summed E-state index contributed by atoms with van der Waals surface area (Å²) in [6, 6.07) is 10.5. The van der Waals surface area contributed by atoms with Crippen molar-refractivity contribution < 1.29 is 14.3 Å². The quantitative estimate of drug-likeness (QED) is 0.310. The lowest BCUT2D eigenvalue weighted by atomic mass is 9.97. The Kier molecular flexibility index (Phi) is 6.67. The second kappa shape index (κ2) is 9.80. The first kappa shape index (κ1) is 21.8. The van der Waals surface area contributed by atoms with Gasteiger partial charge >= 0.3 is 6.03 Å². The van der Waals surface area contributed by atoms with Gasteiger partial charge in [0.25, 0.3) is 0 Å². The molecule has 0 saturated carbocycles. The maximum Gasteiger partial charge on any atom is 0.342 e. The number of amides is 2.